The van der Waals surface area contributed by atoms with Gasteiger partial charge in [0.05, 0.1) is 30.0 Å². The van der Waals surface area contributed by atoms with Crippen molar-refractivity contribution in [2.75, 3.05) is 26.9 Å². The minimum atomic E-state index is -1.70. The van der Waals surface area contributed by atoms with Crippen LogP contribution in [0.4, 0.5) is 4.79 Å². The van der Waals surface area contributed by atoms with Crippen LogP contribution in [-0.2, 0) is 23.8 Å². The standard InChI is InChI=1S/C21H28N4O10/c1-6-11(24-12-17(30)15(28)9(4-26)35-19(12)31)16(29)10-7(5-34-20(22)32)21(33-2)18-8(23-18)3-25(21)13(10)14(6)27/h7-9,12,15,17-19,23-24,26,28,30-31H,3-5H2,1-2H3,(H2,22,32)/t7?,8-,9+,12+,15+,17+,18-,19?,21+/m0/s1. The van der Waals surface area contributed by atoms with E-state index in [1.54, 1.807) is 4.90 Å². The van der Waals surface area contributed by atoms with Crippen LogP contribution in [0.2, 0.25) is 0 Å². The van der Waals surface area contributed by atoms with E-state index in [-0.39, 0.29) is 41.2 Å². The molecular weight excluding hydrogens is 468 g/mol. The lowest BCUT2D eigenvalue weighted by Crippen LogP contribution is -2.63. The molecule has 9 atom stereocenters. The van der Waals surface area contributed by atoms with Gasteiger partial charge >= 0.3 is 6.09 Å². The number of primary amides is 1. The van der Waals surface area contributed by atoms with Crippen LogP contribution in [0.25, 0.3) is 0 Å². The Morgan fingerprint density at radius 2 is 2.00 bits per heavy atom. The summed E-state index contributed by atoms with van der Waals surface area (Å²) in [4.78, 5) is 40.5. The number of nitrogens with zero attached hydrogens (tertiary/aromatic N) is 1. The highest BCUT2D eigenvalue weighted by Gasteiger charge is 2.72. The number of hydrogen-bond donors (Lipinski definition) is 7. The number of hydrogen-bond acceptors (Lipinski definition) is 13. The third kappa shape index (κ3) is 3.25. The van der Waals surface area contributed by atoms with Crippen LogP contribution < -0.4 is 16.4 Å². The molecule has 8 N–H and O–H groups in total. The van der Waals surface area contributed by atoms with Gasteiger partial charge < -0.3 is 55.9 Å². The van der Waals surface area contributed by atoms with E-state index in [1.165, 1.54) is 14.0 Å². The fourth-order valence-electron chi connectivity index (χ4n) is 5.88. The highest BCUT2D eigenvalue weighted by molar-refractivity contribution is 6.25. The lowest BCUT2D eigenvalue weighted by molar-refractivity contribution is -0.253. The van der Waals surface area contributed by atoms with Gasteiger partial charge in [-0.1, -0.05) is 0 Å². The second-order valence-corrected chi connectivity index (χ2v) is 9.32. The topological polar surface area (TPSA) is 223 Å². The molecule has 14 nitrogen and oxygen atoms in total. The minimum Gasteiger partial charge on any atom is -0.449 e. The number of carbonyl (C=O) groups is 3. The minimum absolute atomic E-state index is 0.0296. The molecule has 4 heterocycles. The molecule has 0 aromatic heterocycles. The predicted octanol–water partition coefficient (Wildman–Crippen LogP) is -4.22. The van der Waals surface area contributed by atoms with Crippen LogP contribution >= 0.6 is 0 Å². The van der Waals surface area contributed by atoms with Gasteiger partial charge in [-0.15, -0.1) is 0 Å². The summed E-state index contributed by atoms with van der Waals surface area (Å²) in [6.07, 6.45) is -7.17. The maximum Gasteiger partial charge on any atom is 0.404 e. The van der Waals surface area contributed by atoms with Crippen LogP contribution in [0, 0.1) is 5.92 Å². The molecule has 5 aliphatic rings. The molecule has 0 bridgehead atoms. The van der Waals surface area contributed by atoms with Crippen molar-refractivity contribution < 1.29 is 49.0 Å². The van der Waals surface area contributed by atoms with Crippen LogP contribution in [0.3, 0.4) is 0 Å². The van der Waals surface area contributed by atoms with Gasteiger partial charge in [0, 0.05) is 30.8 Å². The zero-order chi connectivity index (χ0) is 25.4. The predicted molar refractivity (Wildman–Crippen MR) is 113 cm³/mol. The average Bonchev–Trinajstić information content (AvgIpc) is 3.43. The number of carbonyl (C=O) groups excluding carboxylic acids is 3. The summed E-state index contributed by atoms with van der Waals surface area (Å²) in [7, 11) is 1.45. The summed E-state index contributed by atoms with van der Waals surface area (Å²) in [5.41, 5.74) is 4.06. The van der Waals surface area contributed by atoms with Crippen LogP contribution in [-0.4, -0.2) is 118 Å². The van der Waals surface area contributed by atoms with Gasteiger partial charge in [0.1, 0.15) is 31.0 Å². The number of allylic oxidation sites excluding steroid dienone is 2. The molecule has 5 rings (SSSR count). The van der Waals surface area contributed by atoms with Gasteiger partial charge in [0.2, 0.25) is 11.6 Å². The lowest BCUT2D eigenvalue weighted by Gasteiger charge is -2.41. The zero-order valence-electron chi connectivity index (χ0n) is 19.0. The molecule has 3 saturated heterocycles. The third-order valence-corrected chi connectivity index (χ3v) is 7.64. The van der Waals surface area contributed by atoms with Gasteiger partial charge in [-0.3, -0.25) is 9.59 Å². The fourth-order valence-corrected chi connectivity index (χ4v) is 5.88. The number of aliphatic hydroxyl groups excluding tert-OH is 4. The zero-order valence-corrected chi connectivity index (χ0v) is 19.0. The second kappa shape index (κ2) is 8.23. The number of amides is 1. The number of ketones is 2. The smallest absolute Gasteiger partial charge is 0.404 e. The first-order valence-electron chi connectivity index (χ1n) is 11.2. The summed E-state index contributed by atoms with van der Waals surface area (Å²) in [5.74, 6) is -1.94. The number of nitrogens with one attached hydrogen (secondary N) is 2. The molecule has 192 valence electrons. The maximum atomic E-state index is 13.8. The first-order valence-corrected chi connectivity index (χ1v) is 11.2. The van der Waals surface area contributed by atoms with E-state index in [0.717, 1.165) is 0 Å². The highest BCUT2D eigenvalue weighted by Crippen LogP contribution is 2.55. The Hall–Kier alpha value is -2.59. The summed E-state index contributed by atoms with van der Waals surface area (Å²) in [6.45, 7) is 0.869. The Balaban J connectivity index is 1.50. The summed E-state index contributed by atoms with van der Waals surface area (Å²) < 4.78 is 16.1. The first kappa shape index (κ1) is 24.1. The largest absolute Gasteiger partial charge is 0.449 e. The average molecular weight is 496 g/mol. The maximum absolute atomic E-state index is 13.8. The molecule has 0 radical (unpaired) electrons. The first-order chi connectivity index (χ1) is 16.6. The van der Waals surface area contributed by atoms with E-state index in [1.807, 2.05) is 0 Å². The quantitative estimate of drug-likeness (QED) is 0.137. The van der Waals surface area contributed by atoms with Gasteiger partial charge in [-0.2, -0.15) is 0 Å². The van der Waals surface area contributed by atoms with E-state index >= 15 is 0 Å². The summed E-state index contributed by atoms with van der Waals surface area (Å²) >= 11 is 0. The molecule has 0 spiro atoms. The van der Waals surface area contributed by atoms with Crippen molar-refractivity contribution in [3.8, 4) is 0 Å². The van der Waals surface area contributed by atoms with Crippen molar-refractivity contribution >= 4 is 17.7 Å². The fraction of sp³-hybridized carbons (Fsp3) is 0.667. The van der Waals surface area contributed by atoms with E-state index < -0.39 is 66.6 Å². The van der Waals surface area contributed by atoms with Crippen molar-refractivity contribution in [1.82, 2.24) is 15.5 Å². The van der Waals surface area contributed by atoms with Crippen molar-refractivity contribution in [3.05, 3.63) is 22.5 Å². The Morgan fingerprint density at radius 3 is 2.63 bits per heavy atom. The third-order valence-electron chi connectivity index (χ3n) is 7.64. The molecule has 3 fully saturated rings. The molecule has 0 saturated carbocycles. The van der Waals surface area contributed by atoms with Crippen molar-refractivity contribution in [1.29, 1.82) is 0 Å². The van der Waals surface area contributed by atoms with Crippen LogP contribution in [0.1, 0.15) is 6.92 Å². The summed E-state index contributed by atoms with van der Waals surface area (Å²) in [5, 5.41) is 46.3. The van der Waals surface area contributed by atoms with Gasteiger partial charge in [-0.25, -0.2) is 4.79 Å². The van der Waals surface area contributed by atoms with Crippen molar-refractivity contribution in [2.45, 2.75) is 55.4 Å². The Bertz CT molecular complexity index is 1050. The normalized spacial score (nSPS) is 42.2. The van der Waals surface area contributed by atoms with E-state index in [4.69, 9.17) is 19.9 Å². The number of fused-ring (bicyclic) bond motifs is 4. The summed E-state index contributed by atoms with van der Waals surface area (Å²) in [6, 6.07) is -1.56. The molecule has 1 amide bonds. The number of piperazine rings is 1. The van der Waals surface area contributed by atoms with E-state index in [0.29, 0.717) is 6.54 Å². The molecule has 2 unspecified atom stereocenters. The van der Waals surface area contributed by atoms with Crippen LogP contribution in [0.15, 0.2) is 22.5 Å². The van der Waals surface area contributed by atoms with Crippen molar-refractivity contribution in [3.63, 3.8) is 0 Å². The molecule has 35 heavy (non-hydrogen) atoms. The number of Topliss-reactive ketones (excluding diaryl/α,β-unsaturated/α-hetero) is 2. The number of nitrogens with two attached hydrogens (primary N) is 1. The molecule has 0 aromatic rings. The number of methoxy groups -OCH3 is 1. The van der Waals surface area contributed by atoms with Gasteiger partial charge in [0.15, 0.2) is 12.0 Å². The molecule has 4 aliphatic heterocycles. The SMILES string of the molecule is CO[C@@]12C(COC(N)=O)C3=C(C(=O)C(C)=C(N[C@H]4C(O)O[C@H](CO)[C@@H](O)[C@@H]4O)C3=O)N1C[C@@H]1N[C@@H]12. The Morgan fingerprint density at radius 1 is 1.29 bits per heavy atom. The molecule has 0 aromatic carbocycles. The number of ether oxygens (including phenoxy) is 3. The van der Waals surface area contributed by atoms with Crippen LogP contribution in [0.5, 0.6) is 0 Å². The highest BCUT2D eigenvalue weighted by atomic mass is 16.6. The van der Waals surface area contributed by atoms with E-state index in [2.05, 4.69) is 10.6 Å². The van der Waals surface area contributed by atoms with Gasteiger partial charge in [-0.05, 0) is 6.92 Å². The monoisotopic (exact) mass is 496 g/mol. The number of aliphatic hydroxyl groups is 4. The number of rotatable bonds is 6. The van der Waals surface area contributed by atoms with Gasteiger partial charge in [0.25, 0.3) is 0 Å². The second-order valence-electron chi connectivity index (χ2n) is 9.32. The molecular formula is C21H28N4O10. The van der Waals surface area contributed by atoms with Crippen molar-refractivity contribution in [2.24, 2.45) is 11.7 Å². The Labute approximate surface area is 199 Å². The lowest BCUT2D eigenvalue weighted by atomic mass is 9.82. The van der Waals surface area contributed by atoms with E-state index in [9.17, 15) is 34.8 Å². The molecule has 1 aliphatic carbocycles. The molecule has 14 heteroatoms. The Kier molecular flexibility index (Phi) is 5.67.